The van der Waals surface area contributed by atoms with Gasteiger partial charge < -0.3 is 20.1 Å². The lowest BCUT2D eigenvalue weighted by atomic mass is 9.90. The Morgan fingerprint density at radius 3 is 2.32 bits per heavy atom. The quantitative estimate of drug-likeness (QED) is 0.633. The summed E-state index contributed by atoms with van der Waals surface area (Å²) in [6.07, 6.45) is 1.51. The molecule has 4 rings (SSSR count). The topological polar surface area (TPSA) is 95.9 Å². The second-order valence-electron chi connectivity index (χ2n) is 9.32. The smallest absolute Gasteiger partial charge is 0.407 e. The first-order valence-electron chi connectivity index (χ1n) is 12.0. The van der Waals surface area contributed by atoms with Crippen molar-refractivity contribution < 1.29 is 24.2 Å². The number of ether oxygens (including phenoxy) is 1. The van der Waals surface area contributed by atoms with E-state index in [0.29, 0.717) is 25.8 Å². The van der Waals surface area contributed by atoms with Crippen molar-refractivity contribution in [3.63, 3.8) is 0 Å². The Labute approximate surface area is 200 Å². The first-order chi connectivity index (χ1) is 16.4. The van der Waals surface area contributed by atoms with Crippen LogP contribution < -0.4 is 5.32 Å². The molecule has 0 radical (unpaired) electrons. The van der Waals surface area contributed by atoms with Crippen LogP contribution in [0, 0.1) is 5.92 Å². The van der Waals surface area contributed by atoms with Gasteiger partial charge >= 0.3 is 12.1 Å². The molecule has 2 aromatic carbocycles. The number of nitrogens with zero attached hydrogens (tertiary/aromatic N) is 1. The van der Waals surface area contributed by atoms with E-state index in [1.807, 2.05) is 31.2 Å². The SMILES string of the molecule is CC(CCC(=O)N1CCCC(C(=O)O)C1C)NC(=O)OCC1c2ccccc2-c2ccccc21. The number of amides is 2. The van der Waals surface area contributed by atoms with Gasteiger partial charge in [-0.2, -0.15) is 0 Å². The average Bonchev–Trinajstić information content (AvgIpc) is 3.15. The third kappa shape index (κ3) is 4.93. The maximum Gasteiger partial charge on any atom is 0.407 e. The van der Waals surface area contributed by atoms with Crippen LogP contribution in [-0.2, 0) is 14.3 Å². The number of hydrogen-bond donors (Lipinski definition) is 2. The number of piperidine rings is 1. The fraction of sp³-hybridized carbons (Fsp3) is 0.444. The second-order valence-corrected chi connectivity index (χ2v) is 9.32. The first kappa shape index (κ1) is 23.8. The number of aliphatic carboxylic acids is 1. The molecule has 1 aliphatic carbocycles. The van der Waals surface area contributed by atoms with Crippen molar-refractivity contribution in [1.82, 2.24) is 10.2 Å². The van der Waals surface area contributed by atoms with E-state index in [0.717, 1.165) is 11.1 Å². The molecule has 2 N–H and O–H groups in total. The summed E-state index contributed by atoms with van der Waals surface area (Å²) in [6.45, 7) is 4.47. The number of carbonyl (C=O) groups is 3. The zero-order valence-corrected chi connectivity index (χ0v) is 19.7. The number of carboxylic acid groups (broad SMARTS) is 1. The largest absolute Gasteiger partial charge is 0.481 e. The summed E-state index contributed by atoms with van der Waals surface area (Å²) in [5, 5.41) is 12.2. The van der Waals surface area contributed by atoms with Crippen molar-refractivity contribution in [1.29, 1.82) is 0 Å². The number of carboxylic acids is 1. The minimum atomic E-state index is -0.852. The summed E-state index contributed by atoms with van der Waals surface area (Å²) in [6, 6.07) is 15.8. The summed E-state index contributed by atoms with van der Waals surface area (Å²) in [7, 11) is 0. The number of likely N-dealkylation sites (tertiary alicyclic amines) is 1. The molecule has 0 saturated carbocycles. The number of hydrogen-bond acceptors (Lipinski definition) is 4. The molecule has 1 fully saturated rings. The van der Waals surface area contributed by atoms with Gasteiger partial charge in [-0.05, 0) is 55.4 Å². The summed E-state index contributed by atoms with van der Waals surface area (Å²) < 4.78 is 5.58. The van der Waals surface area contributed by atoms with E-state index < -0.39 is 18.0 Å². The zero-order chi connectivity index (χ0) is 24.2. The van der Waals surface area contributed by atoms with Gasteiger partial charge in [-0.1, -0.05) is 48.5 Å². The minimum absolute atomic E-state index is 0.00203. The van der Waals surface area contributed by atoms with Gasteiger partial charge in [0.2, 0.25) is 5.91 Å². The molecule has 0 bridgehead atoms. The Hall–Kier alpha value is -3.35. The third-order valence-electron chi connectivity index (χ3n) is 7.12. The van der Waals surface area contributed by atoms with Crippen molar-refractivity contribution >= 4 is 18.0 Å². The number of nitrogens with one attached hydrogen (secondary N) is 1. The molecular formula is C27H32N2O5. The molecule has 2 amide bonds. The fourth-order valence-electron chi connectivity index (χ4n) is 5.22. The van der Waals surface area contributed by atoms with Crippen molar-refractivity contribution in [2.75, 3.05) is 13.2 Å². The molecule has 0 spiro atoms. The van der Waals surface area contributed by atoms with Gasteiger partial charge in [0.25, 0.3) is 0 Å². The van der Waals surface area contributed by atoms with E-state index in [4.69, 9.17) is 4.74 Å². The summed E-state index contributed by atoms with van der Waals surface area (Å²) >= 11 is 0. The van der Waals surface area contributed by atoms with Crippen LogP contribution in [0.4, 0.5) is 4.79 Å². The van der Waals surface area contributed by atoms with Crippen molar-refractivity contribution in [2.24, 2.45) is 5.92 Å². The summed E-state index contributed by atoms with van der Waals surface area (Å²) in [4.78, 5) is 38.2. The highest BCUT2D eigenvalue weighted by molar-refractivity contribution is 5.80. The minimum Gasteiger partial charge on any atom is -0.481 e. The van der Waals surface area contributed by atoms with Gasteiger partial charge in [-0.25, -0.2) is 4.79 Å². The van der Waals surface area contributed by atoms with E-state index in [1.54, 1.807) is 11.8 Å². The summed E-state index contributed by atoms with van der Waals surface area (Å²) in [5.41, 5.74) is 4.67. The molecule has 0 aromatic heterocycles. The molecule has 7 heteroatoms. The second kappa shape index (κ2) is 10.3. The Kier molecular flexibility index (Phi) is 7.20. The Bertz CT molecular complexity index is 1020. The van der Waals surface area contributed by atoms with E-state index in [2.05, 4.69) is 29.6 Å². The number of rotatable bonds is 7. The van der Waals surface area contributed by atoms with Gasteiger partial charge in [-0.15, -0.1) is 0 Å². The highest BCUT2D eigenvalue weighted by atomic mass is 16.5. The van der Waals surface area contributed by atoms with Gasteiger partial charge in [0.1, 0.15) is 6.61 Å². The summed E-state index contributed by atoms with van der Waals surface area (Å²) in [5.74, 6) is -1.44. The average molecular weight is 465 g/mol. The highest BCUT2D eigenvalue weighted by Gasteiger charge is 2.35. The maximum absolute atomic E-state index is 12.7. The van der Waals surface area contributed by atoms with E-state index in [-0.39, 0.29) is 36.9 Å². The number of alkyl carbamates (subject to hydrolysis) is 1. The van der Waals surface area contributed by atoms with Crippen LogP contribution in [0.25, 0.3) is 11.1 Å². The van der Waals surface area contributed by atoms with Gasteiger partial charge in [0.15, 0.2) is 0 Å². The van der Waals surface area contributed by atoms with E-state index in [1.165, 1.54) is 11.1 Å². The number of fused-ring (bicyclic) bond motifs is 3. The molecule has 1 aliphatic heterocycles. The fourth-order valence-corrected chi connectivity index (χ4v) is 5.22. The molecular weight excluding hydrogens is 432 g/mol. The first-order valence-corrected chi connectivity index (χ1v) is 12.0. The molecule has 1 saturated heterocycles. The Balaban J connectivity index is 1.26. The Morgan fingerprint density at radius 2 is 1.71 bits per heavy atom. The normalized spacial score (nSPS) is 20.2. The van der Waals surface area contributed by atoms with Crippen molar-refractivity contribution in [2.45, 2.75) is 57.5 Å². The molecule has 2 aromatic rings. The van der Waals surface area contributed by atoms with Crippen LogP contribution in [0.2, 0.25) is 0 Å². The number of benzene rings is 2. The van der Waals surface area contributed by atoms with Crippen molar-refractivity contribution in [3.8, 4) is 11.1 Å². The van der Waals surface area contributed by atoms with Gasteiger partial charge in [0, 0.05) is 31.0 Å². The van der Waals surface area contributed by atoms with E-state index >= 15 is 0 Å². The zero-order valence-electron chi connectivity index (χ0n) is 19.7. The van der Waals surface area contributed by atoms with Crippen LogP contribution >= 0.6 is 0 Å². The van der Waals surface area contributed by atoms with Crippen LogP contribution in [-0.4, -0.2) is 53.2 Å². The van der Waals surface area contributed by atoms with Crippen LogP contribution in [0.5, 0.6) is 0 Å². The molecule has 34 heavy (non-hydrogen) atoms. The molecule has 3 unspecified atom stereocenters. The van der Waals surface area contributed by atoms with Crippen molar-refractivity contribution in [3.05, 3.63) is 59.7 Å². The molecule has 1 heterocycles. The molecule has 180 valence electrons. The standard InChI is InChI=1S/C27H32N2O5/c1-17(13-14-25(30)29-15-7-12-19(18(29)2)26(31)32)28-27(33)34-16-24-22-10-5-3-8-20(22)21-9-4-6-11-23(21)24/h3-6,8-11,17-19,24H,7,12-16H2,1-2H3,(H,28,33)(H,31,32). The van der Waals surface area contributed by atoms with Crippen LogP contribution in [0.1, 0.15) is 56.6 Å². The third-order valence-corrected chi connectivity index (χ3v) is 7.12. The van der Waals surface area contributed by atoms with Crippen LogP contribution in [0.15, 0.2) is 48.5 Å². The highest BCUT2D eigenvalue weighted by Crippen LogP contribution is 2.44. The van der Waals surface area contributed by atoms with E-state index in [9.17, 15) is 19.5 Å². The molecule has 7 nitrogen and oxygen atoms in total. The number of carbonyl (C=O) groups excluding carboxylic acids is 2. The van der Waals surface area contributed by atoms with Gasteiger partial charge in [-0.3, -0.25) is 9.59 Å². The lowest BCUT2D eigenvalue weighted by Crippen LogP contribution is -2.49. The van der Waals surface area contributed by atoms with Gasteiger partial charge in [0.05, 0.1) is 5.92 Å². The predicted molar refractivity (Wildman–Crippen MR) is 128 cm³/mol. The monoisotopic (exact) mass is 464 g/mol. The Morgan fingerprint density at radius 1 is 1.09 bits per heavy atom. The molecule has 3 atom stereocenters. The predicted octanol–water partition coefficient (Wildman–Crippen LogP) is 4.41. The van der Waals surface area contributed by atoms with Crippen LogP contribution in [0.3, 0.4) is 0 Å². The maximum atomic E-state index is 12.7. The lowest BCUT2D eigenvalue weighted by Gasteiger charge is -2.37. The molecule has 2 aliphatic rings. The lowest BCUT2D eigenvalue weighted by molar-refractivity contribution is -0.149.